The standard InChI is InChI=1S/C8H10BrClN2O2S/c9-7-5-6(10)1-2-8(7)12-3-4-15(11,13)14/h1-2,5,12H,3-4H2,(H2,11,13,14). The smallest absolute Gasteiger partial charge is 0.210 e. The van der Waals surface area contributed by atoms with Crippen LogP contribution in [-0.2, 0) is 10.0 Å². The Hall–Kier alpha value is -0.300. The highest BCUT2D eigenvalue weighted by atomic mass is 79.9. The summed E-state index contributed by atoms with van der Waals surface area (Å²) in [6, 6.07) is 5.20. The Morgan fingerprint density at radius 2 is 2.13 bits per heavy atom. The SMILES string of the molecule is NS(=O)(=O)CCNc1ccc(Cl)cc1Br. The van der Waals surface area contributed by atoms with Gasteiger partial charge in [0.1, 0.15) is 0 Å². The number of primary sulfonamides is 1. The lowest BCUT2D eigenvalue weighted by Gasteiger charge is -2.07. The highest BCUT2D eigenvalue weighted by molar-refractivity contribution is 9.10. The molecular weight excluding hydrogens is 304 g/mol. The second-order valence-electron chi connectivity index (χ2n) is 2.92. The molecule has 0 unspecified atom stereocenters. The van der Waals surface area contributed by atoms with Crippen LogP contribution in [0.15, 0.2) is 22.7 Å². The molecule has 0 aliphatic rings. The Kier molecular flexibility index (Phi) is 4.39. The molecule has 84 valence electrons. The van der Waals surface area contributed by atoms with Crippen molar-refractivity contribution < 1.29 is 8.42 Å². The molecule has 4 nitrogen and oxygen atoms in total. The molecule has 0 radical (unpaired) electrons. The summed E-state index contributed by atoms with van der Waals surface area (Å²) >= 11 is 9.05. The van der Waals surface area contributed by atoms with Crippen molar-refractivity contribution in [2.75, 3.05) is 17.6 Å². The van der Waals surface area contributed by atoms with Gasteiger partial charge in [-0.15, -0.1) is 0 Å². The van der Waals surface area contributed by atoms with Crippen molar-refractivity contribution in [1.29, 1.82) is 0 Å². The van der Waals surface area contributed by atoms with Crippen molar-refractivity contribution >= 4 is 43.2 Å². The maximum Gasteiger partial charge on any atom is 0.210 e. The Balaban J connectivity index is 2.59. The average Bonchev–Trinajstić information content (AvgIpc) is 2.07. The maximum atomic E-state index is 10.7. The molecule has 0 fully saturated rings. The van der Waals surface area contributed by atoms with Gasteiger partial charge in [-0.2, -0.15) is 0 Å². The van der Waals surface area contributed by atoms with E-state index in [-0.39, 0.29) is 12.3 Å². The zero-order valence-corrected chi connectivity index (χ0v) is 10.9. The van der Waals surface area contributed by atoms with Crippen molar-refractivity contribution in [3.8, 4) is 0 Å². The fourth-order valence-electron chi connectivity index (χ4n) is 0.961. The first-order valence-corrected chi connectivity index (χ1v) is 6.96. The molecule has 1 aromatic carbocycles. The highest BCUT2D eigenvalue weighted by Gasteiger charge is 2.03. The normalized spacial score (nSPS) is 11.4. The number of nitrogens with one attached hydrogen (secondary N) is 1. The minimum Gasteiger partial charge on any atom is -0.383 e. The first kappa shape index (κ1) is 12.8. The van der Waals surface area contributed by atoms with Crippen molar-refractivity contribution in [3.05, 3.63) is 27.7 Å². The van der Waals surface area contributed by atoms with Gasteiger partial charge in [0, 0.05) is 21.7 Å². The highest BCUT2D eigenvalue weighted by Crippen LogP contribution is 2.25. The van der Waals surface area contributed by atoms with Crippen LogP contribution in [0.5, 0.6) is 0 Å². The summed E-state index contributed by atoms with van der Waals surface area (Å²) in [6.45, 7) is 0.263. The molecule has 0 atom stereocenters. The van der Waals surface area contributed by atoms with E-state index in [4.69, 9.17) is 16.7 Å². The van der Waals surface area contributed by atoms with Crippen molar-refractivity contribution in [1.82, 2.24) is 0 Å². The van der Waals surface area contributed by atoms with Crippen molar-refractivity contribution in [2.24, 2.45) is 5.14 Å². The topological polar surface area (TPSA) is 72.2 Å². The van der Waals surface area contributed by atoms with Crippen LogP contribution in [0.2, 0.25) is 5.02 Å². The van der Waals surface area contributed by atoms with E-state index < -0.39 is 10.0 Å². The number of rotatable bonds is 4. The van der Waals surface area contributed by atoms with Gasteiger partial charge in [0.15, 0.2) is 0 Å². The zero-order valence-electron chi connectivity index (χ0n) is 7.70. The van der Waals surface area contributed by atoms with Gasteiger partial charge in [0.05, 0.1) is 5.75 Å². The van der Waals surface area contributed by atoms with Crippen LogP contribution in [0.4, 0.5) is 5.69 Å². The summed E-state index contributed by atoms with van der Waals surface area (Å²) < 4.78 is 22.1. The Bertz CT molecular complexity index is 450. The largest absolute Gasteiger partial charge is 0.383 e. The zero-order chi connectivity index (χ0) is 11.5. The second kappa shape index (κ2) is 5.16. The summed E-state index contributed by atoms with van der Waals surface area (Å²) in [5, 5.41) is 8.40. The van der Waals surface area contributed by atoms with E-state index in [0.29, 0.717) is 5.02 Å². The van der Waals surface area contributed by atoms with E-state index in [2.05, 4.69) is 21.2 Å². The molecule has 15 heavy (non-hydrogen) atoms. The number of benzene rings is 1. The molecule has 0 spiro atoms. The molecule has 0 saturated carbocycles. The van der Waals surface area contributed by atoms with E-state index in [1.165, 1.54) is 0 Å². The fraction of sp³-hybridized carbons (Fsp3) is 0.250. The van der Waals surface area contributed by atoms with E-state index in [1.54, 1.807) is 18.2 Å². The van der Waals surface area contributed by atoms with Crippen LogP contribution in [0.1, 0.15) is 0 Å². The van der Waals surface area contributed by atoms with Crippen LogP contribution < -0.4 is 10.5 Å². The molecule has 0 aliphatic carbocycles. The van der Waals surface area contributed by atoms with Gasteiger partial charge in [-0.3, -0.25) is 0 Å². The summed E-state index contributed by atoms with van der Waals surface area (Å²) in [4.78, 5) is 0. The summed E-state index contributed by atoms with van der Waals surface area (Å²) in [6.07, 6.45) is 0. The molecule has 0 aliphatic heterocycles. The second-order valence-corrected chi connectivity index (χ2v) is 5.94. The van der Waals surface area contributed by atoms with Gasteiger partial charge in [0.25, 0.3) is 0 Å². The number of anilines is 1. The van der Waals surface area contributed by atoms with E-state index in [0.717, 1.165) is 10.2 Å². The summed E-state index contributed by atoms with van der Waals surface area (Å²) in [5.41, 5.74) is 0.781. The lowest BCUT2D eigenvalue weighted by molar-refractivity contribution is 0.598. The molecule has 1 rings (SSSR count). The van der Waals surface area contributed by atoms with Crippen LogP contribution in [0, 0.1) is 0 Å². The molecule has 0 amide bonds. The number of halogens is 2. The number of hydrogen-bond acceptors (Lipinski definition) is 3. The first-order valence-electron chi connectivity index (χ1n) is 4.08. The minimum absolute atomic E-state index is 0.109. The molecular formula is C8H10BrClN2O2S. The third-order valence-electron chi connectivity index (χ3n) is 1.63. The van der Waals surface area contributed by atoms with E-state index in [1.807, 2.05) is 0 Å². The van der Waals surface area contributed by atoms with Gasteiger partial charge >= 0.3 is 0 Å². The quantitative estimate of drug-likeness (QED) is 0.890. The number of hydrogen-bond donors (Lipinski definition) is 2. The van der Waals surface area contributed by atoms with E-state index in [9.17, 15) is 8.42 Å². The predicted molar refractivity (Wildman–Crippen MR) is 65.6 cm³/mol. The third-order valence-corrected chi connectivity index (χ3v) is 3.30. The molecule has 0 heterocycles. The molecule has 0 bridgehead atoms. The van der Waals surface area contributed by atoms with Crippen LogP contribution >= 0.6 is 27.5 Å². The predicted octanol–water partition coefficient (Wildman–Crippen LogP) is 1.80. The van der Waals surface area contributed by atoms with Crippen molar-refractivity contribution in [2.45, 2.75) is 0 Å². The van der Waals surface area contributed by atoms with Crippen molar-refractivity contribution in [3.63, 3.8) is 0 Å². The van der Waals surface area contributed by atoms with Gasteiger partial charge in [-0.25, -0.2) is 13.6 Å². The average molecular weight is 314 g/mol. The Labute approximate surface area is 102 Å². The number of nitrogens with two attached hydrogens (primary N) is 1. The molecule has 0 aromatic heterocycles. The number of sulfonamides is 1. The fourth-order valence-corrected chi connectivity index (χ4v) is 2.17. The van der Waals surface area contributed by atoms with E-state index >= 15 is 0 Å². The van der Waals surface area contributed by atoms with Crippen LogP contribution in [0.25, 0.3) is 0 Å². The Morgan fingerprint density at radius 1 is 1.47 bits per heavy atom. The summed E-state index contributed by atoms with van der Waals surface area (Å²) in [5.74, 6) is -0.109. The maximum absolute atomic E-state index is 10.7. The van der Waals surface area contributed by atoms with Gasteiger partial charge in [0.2, 0.25) is 10.0 Å². The molecule has 3 N–H and O–H groups in total. The minimum atomic E-state index is -3.42. The van der Waals surface area contributed by atoms with Crippen LogP contribution in [-0.4, -0.2) is 20.7 Å². The van der Waals surface area contributed by atoms with Crippen LogP contribution in [0.3, 0.4) is 0 Å². The Morgan fingerprint density at radius 3 is 2.67 bits per heavy atom. The molecule has 7 heteroatoms. The van der Waals surface area contributed by atoms with Gasteiger partial charge in [-0.05, 0) is 34.1 Å². The molecule has 1 aromatic rings. The third kappa shape index (κ3) is 4.83. The molecule has 0 saturated heterocycles. The summed E-state index contributed by atoms with van der Waals surface area (Å²) in [7, 11) is -3.42. The van der Waals surface area contributed by atoms with Gasteiger partial charge < -0.3 is 5.32 Å². The van der Waals surface area contributed by atoms with Gasteiger partial charge in [-0.1, -0.05) is 11.6 Å². The monoisotopic (exact) mass is 312 g/mol. The lowest BCUT2D eigenvalue weighted by Crippen LogP contribution is -2.22. The first-order chi connectivity index (χ1) is 6.88. The lowest BCUT2D eigenvalue weighted by atomic mass is 10.3.